The summed E-state index contributed by atoms with van der Waals surface area (Å²) in [6.07, 6.45) is -12.5. The molecule has 4 nitrogen and oxygen atoms in total. The van der Waals surface area contributed by atoms with E-state index in [0.29, 0.717) is 24.3 Å². The molecule has 1 N–H and O–H groups in total. The standard InChI is InChI=1S/C29H26F9NO3S/c1-17(2)39-21-14-26(15-21,43(40,41)22-12-10-20(30)11-13-22)18-6-8-19(9-7-18)27(28(33,34)35,29(36,37)38)42-16-23-24(31)4-3-5-25(23)32/h3-13,17,21,39H,14-16H2,1-2H3. The number of benzene rings is 3. The summed E-state index contributed by atoms with van der Waals surface area (Å²) in [5.74, 6) is -3.52. The fourth-order valence-electron chi connectivity index (χ4n) is 5.37. The first-order valence-electron chi connectivity index (χ1n) is 12.9. The monoisotopic (exact) mass is 639 g/mol. The van der Waals surface area contributed by atoms with Crippen LogP contribution in [0.25, 0.3) is 0 Å². The second kappa shape index (κ2) is 11.4. The first kappa shape index (κ1) is 32.8. The van der Waals surface area contributed by atoms with Crippen LogP contribution in [0.3, 0.4) is 0 Å². The van der Waals surface area contributed by atoms with E-state index in [-0.39, 0.29) is 35.4 Å². The van der Waals surface area contributed by atoms with Crippen molar-refractivity contribution in [3.8, 4) is 0 Å². The van der Waals surface area contributed by atoms with Gasteiger partial charge in [0.1, 0.15) is 22.2 Å². The Balaban J connectivity index is 1.81. The minimum absolute atomic E-state index is 0.0606. The van der Waals surface area contributed by atoms with E-state index in [1.165, 1.54) is 0 Å². The third-order valence-electron chi connectivity index (χ3n) is 7.47. The van der Waals surface area contributed by atoms with Gasteiger partial charge in [0.15, 0.2) is 9.84 Å². The molecule has 1 fully saturated rings. The zero-order valence-corrected chi connectivity index (χ0v) is 23.5. The van der Waals surface area contributed by atoms with Crippen LogP contribution in [-0.4, -0.2) is 32.9 Å². The van der Waals surface area contributed by atoms with Crippen molar-refractivity contribution in [2.75, 3.05) is 0 Å². The Hall–Kier alpha value is -3.10. The van der Waals surface area contributed by atoms with Gasteiger partial charge >= 0.3 is 12.4 Å². The number of sulfone groups is 1. The summed E-state index contributed by atoms with van der Waals surface area (Å²) in [5, 5.41) is 3.15. The summed E-state index contributed by atoms with van der Waals surface area (Å²) in [6, 6.07) is 8.22. The van der Waals surface area contributed by atoms with Gasteiger partial charge in [-0.3, -0.25) is 0 Å². The Bertz CT molecular complexity index is 1510. The van der Waals surface area contributed by atoms with Gasteiger partial charge in [0.25, 0.3) is 5.60 Å². The van der Waals surface area contributed by atoms with Crippen molar-refractivity contribution in [2.24, 2.45) is 0 Å². The molecule has 0 atom stereocenters. The number of rotatable bonds is 9. The highest BCUT2D eigenvalue weighted by Gasteiger charge is 2.73. The van der Waals surface area contributed by atoms with Gasteiger partial charge in [-0.15, -0.1) is 0 Å². The average Bonchev–Trinajstić information content (AvgIpc) is 2.86. The predicted octanol–water partition coefficient (Wildman–Crippen LogP) is 7.47. The molecule has 0 aliphatic heterocycles. The Morgan fingerprint density at radius 2 is 1.35 bits per heavy atom. The first-order chi connectivity index (χ1) is 19.9. The maximum absolute atomic E-state index is 14.3. The zero-order chi connectivity index (χ0) is 32.0. The van der Waals surface area contributed by atoms with Gasteiger partial charge in [0.2, 0.25) is 0 Å². The van der Waals surface area contributed by atoms with E-state index in [2.05, 4.69) is 10.1 Å². The van der Waals surface area contributed by atoms with Crippen molar-refractivity contribution in [2.45, 2.75) is 73.0 Å². The molecule has 3 aromatic carbocycles. The van der Waals surface area contributed by atoms with E-state index >= 15 is 0 Å². The van der Waals surface area contributed by atoms with Crippen LogP contribution in [-0.2, 0) is 31.5 Å². The van der Waals surface area contributed by atoms with E-state index < -0.39 is 67.7 Å². The van der Waals surface area contributed by atoms with Crippen LogP contribution in [0.2, 0.25) is 0 Å². The van der Waals surface area contributed by atoms with Crippen molar-refractivity contribution in [1.29, 1.82) is 0 Å². The van der Waals surface area contributed by atoms with E-state index in [1.807, 2.05) is 13.8 Å². The normalized spacial score (nSPS) is 19.9. The second-order valence-corrected chi connectivity index (χ2v) is 12.9. The topological polar surface area (TPSA) is 55.4 Å². The molecule has 0 radical (unpaired) electrons. The number of hydrogen-bond donors (Lipinski definition) is 1. The van der Waals surface area contributed by atoms with Crippen molar-refractivity contribution in [3.63, 3.8) is 0 Å². The van der Waals surface area contributed by atoms with Crippen molar-refractivity contribution >= 4 is 9.84 Å². The molecular weight excluding hydrogens is 613 g/mol. The van der Waals surface area contributed by atoms with Gasteiger partial charge < -0.3 is 10.1 Å². The third-order valence-corrected chi connectivity index (χ3v) is 9.96. The van der Waals surface area contributed by atoms with Gasteiger partial charge in [-0.2, -0.15) is 26.3 Å². The van der Waals surface area contributed by atoms with Gasteiger partial charge in [0, 0.05) is 23.2 Å². The molecular formula is C29H26F9NO3S. The zero-order valence-electron chi connectivity index (χ0n) is 22.7. The van der Waals surface area contributed by atoms with E-state index in [1.54, 1.807) is 0 Å². The van der Waals surface area contributed by atoms with Crippen LogP contribution >= 0.6 is 0 Å². The quantitative estimate of drug-likeness (QED) is 0.195. The number of alkyl halides is 6. The van der Waals surface area contributed by atoms with Gasteiger partial charge in [-0.05, 0) is 54.8 Å². The molecule has 14 heteroatoms. The maximum Gasteiger partial charge on any atom is 0.430 e. The molecule has 1 aliphatic carbocycles. The molecule has 0 saturated heterocycles. The lowest BCUT2D eigenvalue weighted by molar-refractivity contribution is -0.392. The van der Waals surface area contributed by atoms with Crippen molar-refractivity contribution in [3.05, 3.63) is 101 Å². The summed E-state index contributed by atoms with van der Waals surface area (Å²) < 4.78 is 158. The molecule has 43 heavy (non-hydrogen) atoms. The number of hydrogen-bond acceptors (Lipinski definition) is 4. The van der Waals surface area contributed by atoms with Gasteiger partial charge in [-0.25, -0.2) is 21.6 Å². The molecule has 0 unspecified atom stereocenters. The molecule has 0 bridgehead atoms. The van der Waals surface area contributed by atoms with Crippen LogP contribution in [0, 0.1) is 17.5 Å². The summed E-state index contributed by atoms with van der Waals surface area (Å²) in [4.78, 5) is -0.281. The van der Waals surface area contributed by atoms with Crippen LogP contribution in [0.5, 0.6) is 0 Å². The largest absolute Gasteiger partial charge is 0.430 e. The van der Waals surface area contributed by atoms with Crippen molar-refractivity contribution < 1.29 is 52.7 Å². The number of nitrogens with one attached hydrogen (secondary N) is 1. The van der Waals surface area contributed by atoms with Crippen LogP contribution in [0.15, 0.2) is 71.6 Å². The minimum Gasteiger partial charge on any atom is -0.349 e. The second-order valence-electron chi connectivity index (χ2n) is 10.6. The highest BCUT2D eigenvalue weighted by atomic mass is 32.2. The molecule has 0 amide bonds. The van der Waals surface area contributed by atoms with Crippen LogP contribution < -0.4 is 5.32 Å². The number of ether oxygens (including phenoxy) is 1. The predicted molar refractivity (Wildman–Crippen MR) is 138 cm³/mol. The fraction of sp³-hybridized carbons (Fsp3) is 0.379. The highest BCUT2D eigenvalue weighted by molar-refractivity contribution is 7.92. The SMILES string of the molecule is CC(C)NC1CC(c2ccc(C(OCc3c(F)cccc3F)(C(F)(F)F)C(F)(F)F)cc2)(S(=O)(=O)c2ccc(F)cc2)C1. The molecule has 4 rings (SSSR count). The lowest BCUT2D eigenvalue weighted by Crippen LogP contribution is -2.57. The molecule has 234 valence electrons. The molecule has 3 aromatic rings. The van der Waals surface area contributed by atoms with Gasteiger partial charge in [-0.1, -0.05) is 44.2 Å². The molecule has 0 spiro atoms. The molecule has 1 saturated carbocycles. The Morgan fingerprint density at radius 1 is 0.837 bits per heavy atom. The summed E-state index contributed by atoms with van der Waals surface area (Å²) >= 11 is 0. The lowest BCUT2D eigenvalue weighted by atomic mass is 9.74. The molecule has 0 heterocycles. The molecule has 1 aliphatic rings. The van der Waals surface area contributed by atoms with Gasteiger partial charge in [0.05, 0.1) is 11.5 Å². The average molecular weight is 640 g/mol. The van der Waals surface area contributed by atoms with Crippen molar-refractivity contribution in [1.82, 2.24) is 5.32 Å². The summed E-state index contributed by atoms with van der Waals surface area (Å²) in [6.45, 7) is 1.90. The smallest absolute Gasteiger partial charge is 0.349 e. The fourth-order valence-corrected chi connectivity index (χ4v) is 7.60. The number of halogens is 9. The summed E-state index contributed by atoms with van der Waals surface area (Å²) in [7, 11) is -4.33. The minimum atomic E-state index is -6.16. The van der Waals surface area contributed by atoms with E-state index in [4.69, 9.17) is 0 Å². The molecule has 0 aromatic heterocycles. The van der Waals surface area contributed by atoms with Crippen LogP contribution in [0.4, 0.5) is 39.5 Å². The Labute approximate surface area is 241 Å². The van der Waals surface area contributed by atoms with E-state index in [0.717, 1.165) is 42.5 Å². The lowest BCUT2D eigenvalue weighted by Gasteiger charge is -2.48. The maximum atomic E-state index is 14.3. The Kier molecular flexibility index (Phi) is 8.72. The summed E-state index contributed by atoms with van der Waals surface area (Å²) in [5.41, 5.74) is -7.73. The first-order valence-corrected chi connectivity index (χ1v) is 14.4. The third kappa shape index (κ3) is 5.76. The Morgan fingerprint density at radius 3 is 1.81 bits per heavy atom. The van der Waals surface area contributed by atoms with E-state index in [9.17, 15) is 47.9 Å². The van der Waals surface area contributed by atoms with Crippen LogP contribution in [0.1, 0.15) is 43.4 Å². The highest BCUT2D eigenvalue weighted by Crippen LogP contribution is 2.55.